The molecule has 0 saturated carbocycles. The normalized spacial score (nSPS) is 10.8. The molecule has 2 amide bonds. The van der Waals surface area contributed by atoms with Gasteiger partial charge < -0.3 is 15.7 Å². The third-order valence-electron chi connectivity index (χ3n) is 3.26. The third kappa shape index (κ3) is 5.95. The maximum atomic E-state index is 12.3. The molecule has 0 saturated heterocycles. The summed E-state index contributed by atoms with van der Waals surface area (Å²) in [5.41, 5.74) is 1.20. The molecule has 0 radical (unpaired) electrons. The standard InChI is InChI=1S/C19H18N2O4/c22-17(23)11-12-20-19(25)16(13-14-7-3-1-4-8-14)21-18(24)15-9-5-2-6-10-15/h1-10,13H,11-12H2,(H,20,25)(H,21,24)(H,22,23)/b16-13+. The molecule has 2 aromatic rings. The van der Waals surface area contributed by atoms with E-state index in [2.05, 4.69) is 10.6 Å². The number of benzene rings is 2. The van der Waals surface area contributed by atoms with E-state index in [0.29, 0.717) is 5.56 Å². The zero-order chi connectivity index (χ0) is 18.1. The molecule has 0 heterocycles. The molecule has 0 aromatic heterocycles. The van der Waals surface area contributed by atoms with Crippen LogP contribution in [0.25, 0.3) is 6.08 Å². The monoisotopic (exact) mass is 338 g/mol. The molecule has 0 aliphatic rings. The Balaban J connectivity index is 2.17. The second-order valence-electron chi connectivity index (χ2n) is 5.19. The van der Waals surface area contributed by atoms with Crippen molar-refractivity contribution in [1.82, 2.24) is 10.6 Å². The van der Waals surface area contributed by atoms with Crippen LogP contribution >= 0.6 is 0 Å². The van der Waals surface area contributed by atoms with E-state index < -0.39 is 17.8 Å². The number of nitrogens with one attached hydrogen (secondary N) is 2. The van der Waals surface area contributed by atoms with Crippen LogP contribution in [0.15, 0.2) is 66.4 Å². The van der Waals surface area contributed by atoms with Crippen LogP contribution in [-0.4, -0.2) is 29.4 Å². The first-order valence-electron chi connectivity index (χ1n) is 7.69. The fraction of sp³-hybridized carbons (Fsp3) is 0.105. The molecular weight excluding hydrogens is 320 g/mol. The van der Waals surface area contributed by atoms with E-state index in [1.54, 1.807) is 42.5 Å². The Morgan fingerprint density at radius 2 is 1.52 bits per heavy atom. The van der Waals surface area contributed by atoms with Gasteiger partial charge in [0, 0.05) is 12.1 Å². The minimum absolute atomic E-state index is 0.0263. The summed E-state index contributed by atoms with van der Waals surface area (Å²) in [5, 5.41) is 13.7. The summed E-state index contributed by atoms with van der Waals surface area (Å²) in [7, 11) is 0. The lowest BCUT2D eigenvalue weighted by atomic mass is 10.1. The maximum absolute atomic E-state index is 12.3. The van der Waals surface area contributed by atoms with Gasteiger partial charge in [0.2, 0.25) is 0 Å². The fourth-order valence-corrected chi connectivity index (χ4v) is 2.04. The van der Waals surface area contributed by atoms with Gasteiger partial charge in [-0.2, -0.15) is 0 Å². The van der Waals surface area contributed by atoms with E-state index >= 15 is 0 Å². The highest BCUT2D eigenvalue weighted by Gasteiger charge is 2.14. The van der Waals surface area contributed by atoms with Gasteiger partial charge in [0.05, 0.1) is 6.42 Å². The number of rotatable bonds is 7. The van der Waals surface area contributed by atoms with Gasteiger partial charge in [0.25, 0.3) is 11.8 Å². The highest BCUT2D eigenvalue weighted by Crippen LogP contribution is 2.07. The molecule has 0 aliphatic carbocycles. The van der Waals surface area contributed by atoms with Crippen molar-refractivity contribution in [2.45, 2.75) is 6.42 Å². The summed E-state index contributed by atoms with van der Waals surface area (Å²) < 4.78 is 0. The first-order chi connectivity index (χ1) is 12.1. The number of carbonyl (C=O) groups excluding carboxylic acids is 2. The number of hydrogen-bond donors (Lipinski definition) is 3. The van der Waals surface area contributed by atoms with Crippen LogP contribution < -0.4 is 10.6 Å². The molecule has 0 fully saturated rings. The van der Waals surface area contributed by atoms with Gasteiger partial charge in [-0.15, -0.1) is 0 Å². The highest BCUT2D eigenvalue weighted by atomic mass is 16.4. The highest BCUT2D eigenvalue weighted by molar-refractivity contribution is 6.05. The zero-order valence-corrected chi connectivity index (χ0v) is 13.4. The Labute approximate surface area is 145 Å². The molecule has 25 heavy (non-hydrogen) atoms. The van der Waals surface area contributed by atoms with E-state index in [4.69, 9.17) is 5.11 Å². The zero-order valence-electron chi connectivity index (χ0n) is 13.4. The first kappa shape index (κ1) is 17.9. The lowest BCUT2D eigenvalue weighted by molar-refractivity contribution is -0.136. The predicted molar refractivity (Wildman–Crippen MR) is 93.6 cm³/mol. The van der Waals surface area contributed by atoms with Crippen LogP contribution in [0, 0.1) is 0 Å². The molecule has 0 atom stereocenters. The summed E-state index contributed by atoms with van der Waals surface area (Å²) in [6.07, 6.45) is 1.34. The lowest BCUT2D eigenvalue weighted by Crippen LogP contribution is -2.35. The Morgan fingerprint density at radius 1 is 0.920 bits per heavy atom. The minimum Gasteiger partial charge on any atom is -0.481 e. The summed E-state index contributed by atoms with van der Waals surface area (Å²) in [6.45, 7) is -0.0263. The van der Waals surface area contributed by atoms with Gasteiger partial charge in [-0.1, -0.05) is 48.5 Å². The smallest absolute Gasteiger partial charge is 0.305 e. The van der Waals surface area contributed by atoms with Crippen LogP contribution in [0.5, 0.6) is 0 Å². The fourth-order valence-electron chi connectivity index (χ4n) is 2.04. The van der Waals surface area contributed by atoms with Crippen molar-refractivity contribution in [1.29, 1.82) is 0 Å². The van der Waals surface area contributed by atoms with E-state index in [-0.39, 0.29) is 18.7 Å². The lowest BCUT2D eigenvalue weighted by Gasteiger charge is -2.11. The van der Waals surface area contributed by atoms with Crippen molar-refractivity contribution < 1.29 is 19.5 Å². The maximum Gasteiger partial charge on any atom is 0.305 e. The van der Waals surface area contributed by atoms with Crippen molar-refractivity contribution in [3.05, 3.63) is 77.5 Å². The van der Waals surface area contributed by atoms with Crippen LogP contribution in [-0.2, 0) is 9.59 Å². The third-order valence-corrected chi connectivity index (χ3v) is 3.26. The number of carbonyl (C=O) groups is 3. The van der Waals surface area contributed by atoms with Crippen LogP contribution in [0.4, 0.5) is 0 Å². The molecule has 0 bridgehead atoms. The number of carboxylic acid groups (broad SMARTS) is 1. The van der Waals surface area contributed by atoms with Crippen molar-refractivity contribution >= 4 is 23.9 Å². The topological polar surface area (TPSA) is 95.5 Å². The Hall–Kier alpha value is -3.41. The van der Waals surface area contributed by atoms with Gasteiger partial charge in [0.15, 0.2) is 0 Å². The molecule has 6 nitrogen and oxygen atoms in total. The molecule has 6 heteroatoms. The average molecular weight is 338 g/mol. The molecule has 2 rings (SSSR count). The van der Waals surface area contributed by atoms with Crippen LogP contribution in [0.2, 0.25) is 0 Å². The summed E-state index contributed by atoms with van der Waals surface area (Å²) >= 11 is 0. The van der Waals surface area contributed by atoms with Gasteiger partial charge >= 0.3 is 5.97 Å². The number of amides is 2. The Kier molecular flexibility index (Phi) is 6.47. The van der Waals surface area contributed by atoms with E-state index in [1.807, 2.05) is 18.2 Å². The molecule has 0 spiro atoms. The quantitative estimate of drug-likeness (QED) is 0.673. The van der Waals surface area contributed by atoms with Crippen molar-refractivity contribution in [2.24, 2.45) is 0 Å². The Morgan fingerprint density at radius 3 is 2.12 bits per heavy atom. The van der Waals surface area contributed by atoms with Crippen molar-refractivity contribution in [2.75, 3.05) is 6.54 Å². The first-order valence-corrected chi connectivity index (χ1v) is 7.69. The average Bonchev–Trinajstić information content (AvgIpc) is 2.62. The molecule has 3 N–H and O–H groups in total. The summed E-state index contributed by atoms with van der Waals surface area (Å²) in [6, 6.07) is 17.6. The number of carboxylic acids is 1. The van der Waals surface area contributed by atoms with E-state index in [1.165, 1.54) is 6.08 Å². The molecule has 128 valence electrons. The second-order valence-corrected chi connectivity index (χ2v) is 5.19. The van der Waals surface area contributed by atoms with Gasteiger partial charge in [0.1, 0.15) is 5.70 Å². The molecule has 2 aromatic carbocycles. The van der Waals surface area contributed by atoms with E-state index in [0.717, 1.165) is 5.56 Å². The molecular formula is C19H18N2O4. The summed E-state index contributed by atoms with van der Waals surface area (Å²) in [5.74, 6) is -1.98. The molecule has 0 aliphatic heterocycles. The van der Waals surface area contributed by atoms with E-state index in [9.17, 15) is 14.4 Å². The summed E-state index contributed by atoms with van der Waals surface area (Å²) in [4.78, 5) is 35.2. The number of hydrogen-bond acceptors (Lipinski definition) is 3. The van der Waals surface area contributed by atoms with Gasteiger partial charge in [-0.05, 0) is 23.8 Å². The predicted octanol–water partition coefficient (Wildman–Crippen LogP) is 2.05. The minimum atomic E-state index is -1.01. The second kappa shape index (κ2) is 9.02. The van der Waals surface area contributed by atoms with Crippen molar-refractivity contribution in [3.63, 3.8) is 0 Å². The number of aliphatic carboxylic acids is 1. The van der Waals surface area contributed by atoms with Gasteiger partial charge in [-0.3, -0.25) is 14.4 Å². The van der Waals surface area contributed by atoms with Crippen LogP contribution in [0.3, 0.4) is 0 Å². The van der Waals surface area contributed by atoms with Crippen molar-refractivity contribution in [3.8, 4) is 0 Å². The largest absolute Gasteiger partial charge is 0.481 e. The Bertz CT molecular complexity index is 771. The SMILES string of the molecule is O=C(O)CCNC(=O)/C(=C\c1ccccc1)NC(=O)c1ccccc1. The van der Waals surface area contributed by atoms with Gasteiger partial charge in [-0.25, -0.2) is 0 Å². The molecule has 0 unspecified atom stereocenters. The van der Waals surface area contributed by atoms with Crippen LogP contribution in [0.1, 0.15) is 22.3 Å².